The molecule has 1 aromatic rings. The normalized spacial score (nSPS) is 9.90. The Morgan fingerprint density at radius 3 is 2.19 bits per heavy atom. The predicted molar refractivity (Wildman–Crippen MR) is 85.5 cm³/mol. The van der Waals surface area contributed by atoms with Gasteiger partial charge in [-0.2, -0.15) is 0 Å². The van der Waals surface area contributed by atoms with Crippen LogP contribution in [0.3, 0.4) is 0 Å². The van der Waals surface area contributed by atoms with Crippen LogP contribution in [0.4, 0.5) is 0 Å². The fraction of sp³-hybridized carbons (Fsp3) is 0.250. The number of carbonyl (C=O) groups excluding carboxylic acids is 1. The van der Waals surface area contributed by atoms with E-state index in [1.54, 1.807) is 29.2 Å². The first-order valence-electron chi connectivity index (χ1n) is 6.50. The van der Waals surface area contributed by atoms with Gasteiger partial charge in [0.05, 0.1) is 12.2 Å². The lowest BCUT2D eigenvalue weighted by Gasteiger charge is -2.18. The van der Waals surface area contributed by atoms with Crippen LogP contribution in [-0.2, 0) is 16.0 Å². The summed E-state index contributed by atoms with van der Waals surface area (Å²) in [6, 6.07) is 7.21. The standard InChI is InChI=1S/C16H19NO3S/c1-3-9-17(10-4-2)15(18)12-21-14-7-5-13(6-8-14)11-16(19)20/h3-8H,1-2,9-12H2,(H,19,20). The molecule has 0 heterocycles. The van der Waals surface area contributed by atoms with Gasteiger partial charge in [-0.05, 0) is 17.7 Å². The van der Waals surface area contributed by atoms with Crippen LogP contribution in [0.25, 0.3) is 0 Å². The number of nitrogens with zero attached hydrogens (tertiary/aromatic N) is 1. The van der Waals surface area contributed by atoms with Crippen LogP contribution in [0, 0.1) is 0 Å². The number of amides is 1. The van der Waals surface area contributed by atoms with Crippen LogP contribution in [0.1, 0.15) is 5.56 Å². The smallest absolute Gasteiger partial charge is 0.307 e. The molecule has 1 N–H and O–H groups in total. The highest BCUT2D eigenvalue weighted by molar-refractivity contribution is 8.00. The van der Waals surface area contributed by atoms with Crippen molar-refractivity contribution >= 4 is 23.6 Å². The molecule has 0 atom stereocenters. The average molecular weight is 305 g/mol. The maximum absolute atomic E-state index is 12.0. The Labute approximate surface area is 129 Å². The third-order valence-corrected chi connectivity index (χ3v) is 3.69. The van der Waals surface area contributed by atoms with Crippen LogP contribution in [0.5, 0.6) is 0 Å². The lowest BCUT2D eigenvalue weighted by molar-refractivity contribution is -0.136. The SMILES string of the molecule is C=CCN(CC=C)C(=O)CSc1ccc(CC(=O)O)cc1. The Morgan fingerprint density at radius 1 is 1.14 bits per heavy atom. The van der Waals surface area contributed by atoms with Crippen LogP contribution in [-0.4, -0.2) is 40.7 Å². The number of carboxylic acid groups (broad SMARTS) is 1. The van der Waals surface area contributed by atoms with E-state index in [0.29, 0.717) is 18.8 Å². The summed E-state index contributed by atoms with van der Waals surface area (Å²) in [5.74, 6) is -0.496. The van der Waals surface area contributed by atoms with Gasteiger partial charge >= 0.3 is 5.97 Å². The van der Waals surface area contributed by atoms with E-state index in [2.05, 4.69) is 13.2 Å². The number of thioether (sulfide) groups is 1. The van der Waals surface area contributed by atoms with Crippen molar-refractivity contribution in [1.29, 1.82) is 0 Å². The molecule has 21 heavy (non-hydrogen) atoms. The average Bonchev–Trinajstić information content (AvgIpc) is 2.45. The van der Waals surface area contributed by atoms with Gasteiger partial charge in [-0.25, -0.2) is 0 Å². The molecule has 0 aliphatic carbocycles. The molecule has 0 fully saturated rings. The zero-order chi connectivity index (χ0) is 15.7. The third-order valence-electron chi connectivity index (χ3n) is 2.69. The predicted octanol–water partition coefficient (Wildman–Crippen LogP) is 2.61. The van der Waals surface area contributed by atoms with Gasteiger partial charge in [0.1, 0.15) is 0 Å². The van der Waals surface area contributed by atoms with Gasteiger partial charge in [-0.15, -0.1) is 24.9 Å². The Morgan fingerprint density at radius 2 is 1.71 bits per heavy atom. The first kappa shape index (κ1) is 17.0. The van der Waals surface area contributed by atoms with E-state index >= 15 is 0 Å². The zero-order valence-corrected chi connectivity index (χ0v) is 12.6. The molecule has 112 valence electrons. The minimum atomic E-state index is -0.852. The van der Waals surface area contributed by atoms with E-state index < -0.39 is 5.97 Å². The van der Waals surface area contributed by atoms with Crippen molar-refractivity contribution < 1.29 is 14.7 Å². The van der Waals surface area contributed by atoms with E-state index in [-0.39, 0.29) is 12.3 Å². The quantitative estimate of drug-likeness (QED) is 0.563. The Balaban J connectivity index is 2.53. The van der Waals surface area contributed by atoms with Crippen molar-refractivity contribution in [3.63, 3.8) is 0 Å². The van der Waals surface area contributed by atoms with Gasteiger partial charge < -0.3 is 10.0 Å². The van der Waals surface area contributed by atoms with Crippen LogP contribution in [0.15, 0.2) is 54.5 Å². The molecule has 0 spiro atoms. The molecule has 1 aromatic carbocycles. The lowest BCUT2D eigenvalue weighted by atomic mass is 10.2. The molecule has 0 aliphatic heterocycles. The largest absolute Gasteiger partial charge is 0.481 e. The van der Waals surface area contributed by atoms with E-state index in [9.17, 15) is 9.59 Å². The minimum absolute atomic E-state index is 0.0102. The molecular weight excluding hydrogens is 286 g/mol. The number of benzene rings is 1. The molecular formula is C16H19NO3S. The van der Waals surface area contributed by atoms with Gasteiger partial charge in [-0.1, -0.05) is 24.3 Å². The summed E-state index contributed by atoms with van der Waals surface area (Å²) in [5, 5.41) is 8.70. The fourth-order valence-corrected chi connectivity index (χ4v) is 2.51. The first-order valence-corrected chi connectivity index (χ1v) is 7.48. The minimum Gasteiger partial charge on any atom is -0.481 e. The summed E-state index contributed by atoms with van der Waals surface area (Å²) in [5.41, 5.74) is 0.748. The van der Waals surface area contributed by atoms with Crippen molar-refractivity contribution in [2.45, 2.75) is 11.3 Å². The lowest BCUT2D eigenvalue weighted by Crippen LogP contribution is -2.32. The van der Waals surface area contributed by atoms with E-state index in [4.69, 9.17) is 5.11 Å². The maximum Gasteiger partial charge on any atom is 0.307 e. The van der Waals surface area contributed by atoms with E-state index in [0.717, 1.165) is 10.5 Å². The summed E-state index contributed by atoms with van der Waals surface area (Å²) in [4.78, 5) is 25.2. The van der Waals surface area contributed by atoms with Crippen LogP contribution >= 0.6 is 11.8 Å². The van der Waals surface area contributed by atoms with Crippen molar-refractivity contribution in [3.8, 4) is 0 Å². The fourth-order valence-electron chi connectivity index (χ4n) is 1.70. The molecule has 0 aromatic heterocycles. The summed E-state index contributed by atoms with van der Waals surface area (Å²) in [6.45, 7) is 8.27. The molecule has 1 amide bonds. The van der Waals surface area contributed by atoms with Crippen LogP contribution in [0.2, 0.25) is 0 Å². The molecule has 0 aliphatic rings. The monoisotopic (exact) mass is 305 g/mol. The van der Waals surface area contributed by atoms with Crippen molar-refractivity contribution in [1.82, 2.24) is 4.90 Å². The van der Waals surface area contributed by atoms with Gasteiger partial charge in [0.25, 0.3) is 0 Å². The number of hydrogen-bond donors (Lipinski definition) is 1. The van der Waals surface area contributed by atoms with E-state index in [1.807, 2.05) is 12.1 Å². The summed E-state index contributed by atoms with van der Waals surface area (Å²) in [6.07, 6.45) is 3.38. The van der Waals surface area contributed by atoms with Crippen LogP contribution < -0.4 is 0 Å². The van der Waals surface area contributed by atoms with E-state index in [1.165, 1.54) is 11.8 Å². The highest BCUT2D eigenvalue weighted by atomic mass is 32.2. The second kappa shape index (κ2) is 9.02. The topological polar surface area (TPSA) is 57.6 Å². The molecule has 1 rings (SSSR count). The number of aliphatic carboxylic acids is 1. The second-order valence-electron chi connectivity index (χ2n) is 4.38. The molecule has 0 bridgehead atoms. The summed E-state index contributed by atoms with van der Waals surface area (Å²) >= 11 is 1.43. The molecule has 0 radical (unpaired) electrons. The molecule has 0 saturated heterocycles. The number of carbonyl (C=O) groups is 2. The Hall–Kier alpha value is -2.01. The van der Waals surface area contributed by atoms with Gasteiger partial charge in [0, 0.05) is 18.0 Å². The third kappa shape index (κ3) is 6.31. The maximum atomic E-state index is 12.0. The van der Waals surface area contributed by atoms with Crippen molar-refractivity contribution in [2.75, 3.05) is 18.8 Å². The Kier molecular flexibility index (Phi) is 7.32. The van der Waals surface area contributed by atoms with Gasteiger partial charge in [0.2, 0.25) is 5.91 Å². The highest BCUT2D eigenvalue weighted by Crippen LogP contribution is 2.19. The number of carboxylic acids is 1. The molecule has 0 unspecified atom stereocenters. The van der Waals surface area contributed by atoms with Gasteiger partial charge in [-0.3, -0.25) is 9.59 Å². The number of rotatable bonds is 9. The highest BCUT2D eigenvalue weighted by Gasteiger charge is 2.11. The zero-order valence-electron chi connectivity index (χ0n) is 11.8. The molecule has 5 heteroatoms. The number of hydrogen-bond acceptors (Lipinski definition) is 3. The second-order valence-corrected chi connectivity index (χ2v) is 5.43. The van der Waals surface area contributed by atoms with Crippen molar-refractivity contribution in [2.24, 2.45) is 0 Å². The van der Waals surface area contributed by atoms with Gasteiger partial charge in [0.15, 0.2) is 0 Å². The Bertz CT molecular complexity index is 501. The summed E-state index contributed by atoms with van der Waals surface area (Å²) in [7, 11) is 0. The first-order chi connectivity index (χ1) is 10.1. The molecule has 4 nitrogen and oxygen atoms in total. The summed E-state index contributed by atoms with van der Waals surface area (Å²) < 4.78 is 0. The molecule has 0 saturated carbocycles. The van der Waals surface area contributed by atoms with Crippen molar-refractivity contribution in [3.05, 3.63) is 55.1 Å².